The van der Waals surface area contributed by atoms with Gasteiger partial charge in [0.25, 0.3) is 0 Å². The quantitative estimate of drug-likeness (QED) is 0.684. The number of methoxy groups -OCH3 is 2. The van der Waals surface area contributed by atoms with Gasteiger partial charge in [-0.2, -0.15) is 0 Å². The second-order valence-electron chi connectivity index (χ2n) is 9.00. The molecule has 3 fully saturated rings. The number of aliphatic carboxylic acids is 1. The Morgan fingerprint density at radius 2 is 1.55 bits per heavy atom. The van der Waals surface area contributed by atoms with Crippen LogP contribution in [0.15, 0.2) is 18.2 Å². The first-order chi connectivity index (χ1) is 14.6. The van der Waals surface area contributed by atoms with Gasteiger partial charge in [-0.05, 0) is 49.3 Å². The third-order valence-corrected chi connectivity index (χ3v) is 7.81. The Morgan fingerprint density at radius 1 is 0.968 bits per heavy atom. The van der Waals surface area contributed by atoms with Gasteiger partial charge in [-0.3, -0.25) is 14.4 Å². The molecule has 3 saturated carbocycles. The zero-order valence-electron chi connectivity index (χ0n) is 18.3. The summed E-state index contributed by atoms with van der Waals surface area (Å²) in [4.78, 5) is 36.3. The molecular formula is C23H28O8. The first-order valence-corrected chi connectivity index (χ1v) is 10.4. The zero-order valence-corrected chi connectivity index (χ0v) is 18.3. The van der Waals surface area contributed by atoms with Crippen LogP contribution in [0.1, 0.15) is 45.1 Å². The van der Waals surface area contributed by atoms with Crippen molar-refractivity contribution < 1.29 is 38.4 Å². The van der Waals surface area contributed by atoms with E-state index in [1.165, 1.54) is 13.8 Å². The summed E-state index contributed by atoms with van der Waals surface area (Å²) in [5.41, 5.74) is -1.03. The Bertz CT molecular complexity index is 919. The maximum absolute atomic E-state index is 12.5. The van der Waals surface area contributed by atoms with Crippen LogP contribution in [0.3, 0.4) is 0 Å². The van der Waals surface area contributed by atoms with Gasteiger partial charge in [-0.15, -0.1) is 0 Å². The molecule has 2 bridgehead atoms. The van der Waals surface area contributed by atoms with Crippen LogP contribution in [0.4, 0.5) is 0 Å². The Hall–Kier alpha value is -2.77. The maximum Gasteiger partial charge on any atom is 0.310 e. The van der Waals surface area contributed by atoms with Crippen molar-refractivity contribution in [1.29, 1.82) is 0 Å². The Kier molecular flexibility index (Phi) is 4.94. The van der Waals surface area contributed by atoms with Gasteiger partial charge < -0.3 is 24.1 Å². The van der Waals surface area contributed by atoms with E-state index in [9.17, 15) is 19.5 Å². The van der Waals surface area contributed by atoms with Crippen molar-refractivity contribution in [2.24, 2.45) is 22.7 Å². The van der Waals surface area contributed by atoms with Crippen LogP contribution in [0.5, 0.6) is 11.5 Å². The Balaban J connectivity index is 1.88. The van der Waals surface area contributed by atoms with Crippen LogP contribution in [0.2, 0.25) is 0 Å². The number of esters is 2. The minimum Gasteiger partial charge on any atom is -0.497 e. The summed E-state index contributed by atoms with van der Waals surface area (Å²) in [6, 6.07) is 5.52. The predicted molar refractivity (Wildman–Crippen MR) is 108 cm³/mol. The molecule has 1 aromatic carbocycles. The maximum atomic E-state index is 12.5. The normalized spacial score (nSPS) is 37.4. The second-order valence-corrected chi connectivity index (χ2v) is 9.00. The summed E-state index contributed by atoms with van der Waals surface area (Å²) in [7, 11) is 3.12. The summed E-state index contributed by atoms with van der Waals surface area (Å²) in [6.45, 7) is 4.38. The average Bonchev–Trinajstić information content (AvgIpc) is 3.16. The number of rotatable bonds is 6. The molecule has 3 aliphatic carbocycles. The van der Waals surface area contributed by atoms with Gasteiger partial charge in [0, 0.05) is 31.2 Å². The van der Waals surface area contributed by atoms with E-state index in [1.54, 1.807) is 27.2 Å². The zero-order chi connectivity index (χ0) is 22.7. The monoisotopic (exact) mass is 432 g/mol. The first kappa shape index (κ1) is 21.5. The molecule has 31 heavy (non-hydrogen) atoms. The number of hydrogen-bond donors (Lipinski definition) is 1. The van der Waals surface area contributed by atoms with Gasteiger partial charge in [0.1, 0.15) is 23.7 Å². The van der Waals surface area contributed by atoms with Crippen molar-refractivity contribution in [2.45, 2.75) is 51.7 Å². The molecule has 4 rings (SSSR count). The highest BCUT2D eigenvalue weighted by molar-refractivity contribution is 5.82. The van der Waals surface area contributed by atoms with Crippen molar-refractivity contribution in [3.8, 4) is 11.5 Å². The van der Waals surface area contributed by atoms with Crippen LogP contribution < -0.4 is 9.47 Å². The number of carboxylic acid groups (broad SMARTS) is 1. The van der Waals surface area contributed by atoms with E-state index >= 15 is 0 Å². The molecule has 8 heteroatoms. The molecule has 3 aliphatic rings. The lowest BCUT2D eigenvalue weighted by Gasteiger charge is -2.36. The molecule has 0 amide bonds. The summed E-state index contributed by atoms with van der Waals surface area (Å²) >= 11 is 0. The van der Waals surface area contributed by atoms with Crippen LogP contribution in [0.25, 0.3) is 0 Å². The molecule has 1 N–H and O–H groups in total. The molecule has 0 aliphatic heterocycles. The highest BCUT2D eigenvalue weighted by Crippen LogP contribution is 2.85. The van der Waals surface area contributed by atoms with E-state index < -0.39 is 40.9 Å². The summed E-state index contributed by atoms with van der Waals surface area (Å²) in [6.07, 6.45) is -0.191. The highest BCUT2D eigenvalue weighted by atomic mass is 16.6. The van der Waals surface area contributed by atoms with E-state index in [4.69, 9.17) is 18.9 Å². The molecule has 0 saturated heterocycles. The van der Waals surface area contributed by atoms with Crippen molar-refractivity contribution in [3.05, 3.63) is 23.8 Å². The molecule has 7 unspecified atom stereocenters. The smallest absolute Gasteiger partial charge is 0.310 e. The van der Waals surface area contributed by atoms with Gasteiger partial charge in [-0.1, -0.05) is 0 Å². The molecule has 168 valence electrons. The summed E-state index contributed by atoms with van der Waals surface area (Å²) < 4.78 is 22.2. The SMILES string of the molecule is COc1cc(OC)cc(C2CC3C(OC(C)=O)CC4C(C)(C(=O)O)C24C3OC(C)=O)c1. The fourth-order valence-electron chi connectivity index (χ4n) is 6.69. The van der Waals surface area contributed by atoms with Gasteiger partial charge in [-0.25, -0.2) is 0 Å². The fourth-order valence-corrected chi connectivity index (χ4v) is 6.69. The number of carbonyl (C=O) groups is 3. The molecule has 1 aromatic rings. The molecule has 0 radical (unpaired) electrons. The predicted octanol–water partition coefficient (Wildman–Crippen LogP) is 2.78. The van der Waals surface area contributed by atoms with Gasteiger partial charge >= 0.3 is 17.9 Å². The van der Waals surface area contributed by atoms with E-state index in [0.29, 0.717) is 24.3 Å². The van der Waals surface area contributed by atoms with Gasteiger partial charge in [0.05, 0.1) is 19.6 Å². The standard InChI is InChI=1S/C23H28O8/c1-11(24)30-18-10-19-22(3,21(26)27)23(19)17(9-16(18)20(23)31-12(2)25)13-6-14(28-4)8-15(7-13)29-5/h6-8,16-20H,9-10H2,1-5H3,(H,26,27). The Morgan fingerprint density at radius 3 is 2.03 bits per heavy atom. The highest BCUT2D eigenvalue weighted by Gasteiger charge is 2.89. The minimum absolute atomic E-state index is 0.225. The van der Waals surface area contributed by atoms with E-state index in [2.05, 4.69) is 0 Å². The van der Waals surface area contributed by atoms with E-state index in [-0.39, 0.29) is 17.8 Å². The summed E-state index contributed by atoms with van der Waals surface area (Å²) in [5, 5.41) is 10.2. The number of carboxylic acids is 1. The van der Waals surface area contributed by atoms with Gasteiger partial charge in [0.2, 0.25) is 0 Å². The number of benzene rings is 1. The summed E-state index contributed by atoms with van der Waals surface area (Å²) in [5.74, 6) is -1.44. The number of hydrogen-bond acceptors (Lipinski definition) is 7. The van der Waals surface area contributed by atoms with Crippen LogP contribution >= 0.6 is 0 Å². The lowest BCUT2D eigenvalue weighted by Crippen LogP contribution is -2.43. The number of ether oxygens (including phenoxy) is 4. The average molecular weight is 432 g/mol. The molecule has 7 atom stereocenters. The lowest BCUT2D eigenvalue weighted by atomic mass is 9.77. The van der Waals surface area contributed by atoms with E-state index in [0.717, 1.165) is 5.56 Å². The second kappa shape index (κ2) is 7.14. The van der Waals surface area contributed by atoms with Crippen molar-refractivity contribution in [2.75, 3.05) is 14.2 Å². The van der Waals surface area contributed by atoms with E-state index in [1.807, 2.05) is 12.1 Å². The van der Waals surface area contributed by atoms with Crippen LogP contribution in [-0.2, 0) is 23.9 Å². The lowest BCUT2D eigenvalue weighted by molar-refractivity contribution is -0.166. The molecule has 0 aromatic heterocycles. The van der Waals surface area contributed by atoms with Crippen molar-refractivity contribution in [1.82, 2.24) is 0 Å². The number of fused-ring (bicyclic) bond motifs is 1. The third-order valence-electron chi connectivity index (χ3n) is 7.81. The molecule has 8 nitrogen and oxygen atoms in total. The van der Waals surface area contributed by atoms with Crippen LogP contribution in [0, 0.1) is 22.7 Å². The molecular weight excluding hydrogens is 404 g/mol. The molecule has 0 heterocycles. The topological polar surface area (TPSA) is 108 Å². The Labute approximate surface area is 180 Å². The first-order valence-electron chi connectivity index (χ1n) is 10.4. The minimum atomic E-state index is -1.11. The van der Waals surface area contributed by atoms with Crippen molar-refractivity contribution >= 4 is 17.9 Å². The molecule has 1 spiro atoms. The third kappa shape index (κ3) is 2.83. The van der Waals surface area contributed by atoms with Crippen molar-refractivity contribution in [3.63, 3.8) is 0 Å². The number of carbonyl (C=O) groups excluding carboxylic acids is 2. The van der Waals surface area contributed by atoms with Crippen LogP contribution in [-0.4, -0.2) is 49.4 Å². The van der Waals surface area contributed by atoms with Gasteiger partial charge in [0.15, 0.2) is 0 Å². The fraction of sp³-hybridized carbons (Fsp3) is 0.609. The largest absolute Gasteiger partial charge is 0.497 e.